The van der Waals surface area contributed by atoms with Gasteiger partial charge in [-0.05, 0) is 44.5 Å². The lowest BCUT2D eigenvalue weighted by Crippen LogP contribution is -2.56. The molecule has 20 heavy (non-hydrogen) atoms. The summed E-state index contributed by atoms with van der Waals surface area (Å²) in [5.41, 5.74) is 0. The van der Waals surface area contributed by atoms with E-state index in [9.17, 15) is 4.79 Å². The predicted octanol–water partition coefficient (Wildman–Crippen LogP) is 1.19. The Balaban J connectivity index is 1.57. The molecule has 0 aromatic carbocycles. The molecule has 0 spiro atoms. The average Bonchev–Trinajstić information content (AvgIpc) is 3.11. The number of likely N-dealkylation sites (tertiary alicyclic amines) is 1. The van der Waals surface area contributed by atoms with Crippen molar-refractivity contribution in [3.8, 4) is 0 Å². The lowest BCUT2D eigenvalue weighted by atomic mass is 10.0. The van der Waals surface area contributed by atoms with Gasteiger partial charge in [-0.2, -0.15) is 0 Å². The van der Waals surface area contributed by atoms with Crippen LogP contribution in [0.2, 0.25) is 0 Å². The molecule has 0 saturated carbocycles. The van der Waals surface area contributed by atoms with E-state index in [0.29, 0.717) is 18.2 Å². The Kier molecular flexibility index (Phi) is 4.38. The van der Waals surface area contributed by atoms with Gasteiger partial charge in [0.2, 0.25) is 5.91 Å². The minimum absolute atomic E-state index is 0.0380. The number of carbonyl (C=O) groups excluding carboxylic acids is 1. The molecule has 3 rings (SSSR count). The van der Waals surface area contributed by atoms with Crippen LogP contribution in [0.25, 0.3) is 0 Å². The van der Waals surface area contributed by atoms with Crippen molar-refractivity contribution in [2.75, 3.05) is 26.3 Å². The number of furan rings is 1. The van der Waals surface area contributed by atoms with Crippen molar-refractivity contribution in [2.45, 2.75) is 37.8 Å². The maximum atomic E-state index is 12.1. The van der Waals surface area contributed by atoms with Crippen molar-refractivity contribution in [2.24, 2.45) is 0 Å². The molecule has 5 heteroatoms. The van der Waals surface area contributed by atoms with E-state index < -0.39 is 0 Å². The van der Waals surface area contributed by atoms with Gasteiger partial charge in [0.15, 0.2) is 0 Å². The van der Waals surface area contributed by atoms with Gasteiger partial charge < -0.3 is 14.5 Å². The van der Waals surface area contributed by atoms with Crippen molar-refractivity contribution in [1.29, 1.82) is 0 Å². The summed E-state index contributed by atoms with van der Waals surface area (Å²) in [7, 11) is 0. The Morgan fingerprint density at radius 1 is 1.40 bits per heavy atom. The SMILES string of the molecule is O=C(Cc1ccco1)NC1CCOCC1N1CCCC1. The number of rotatable bonds is 4. The molecule has 5 nitrogen and oxygen atoms in total. The summed E-state index contributed by atoms with van der Waals surface area (Å²) in [6, 6.07) is 4.17. The lowest BCUT2D eigenvalue weighted by Gasteiger charge is -2.38. The molecule has 2 aliphatic heterocycles. The Labute approximate surface area is 119 Å². The summed E-state index contributed by atoms with van der Waals surface area (Å²) in [5, 5.41) is 3.16. The first-order valence-electron chi connectivity index (χ1n) is 7.46. The third kappa shape index (κ3) is 3.22. The fraction of sp³-hybridized carbons (Fsp3) is 0.667. The number of nitrogens with one attached hydrogen (secondary N) is 1. The zero-order valence-electron chi connectivity index (χ0n) is 11.7. The topological polar surface area (TPSA) is 54.7 Å². The minimum atomic E-state index is 0.0380. The second kappa shape index (κ2) is 6.41. The zero-order chi connectivity index (χ0) is 13.8. The molecule has 1 N–H and O–H groups in total. The fourth-order valence-corrected chi connectivity index (χ4v) is 3.15. The van der Waals surface area contributed by atoms with Gasteiger partial charge in [0, 0.05) is 12.6 Å². The van der Waals surface area contributed by atoms with Gasteiger partial charge in [0.1, 0.15) is 5.76 Å². The maximum absolute atomic E-state index is 12.1. The molecular formula is C15H22N2O3. The number of carbonyl (C=O) groups is 1. The maximum Gasteiger partial charge on any atom is 0.227 e. The molecule has 0 bridgehead atoms. The number of ether oxygens (including phenoxy) is 1. The van der Waals surface area contributed by atoms with Crippen LogP contribution in [0.3, 0.4) is 0 Å². The Morgan fingerprint density at radius 3 is 3.00 bits per heavy atom. The van der Waals surface area contributed by atoms with E-state index in [4.69, 9.17) is 9.15 Å². The molecule has 110 valence electrons. The third-order valence-corrected chi connectivity index (χ3v) is 4.20. The predicted molar refractivity (Wildman–Crippen MR) is 74.4 cm³/mol. The molecule has 1 amide bonds. The van der Waals surface area contributed by atoms with Gasteiger partial charge in [-0.3, -0.25) is 9.69 Å². The average molecular weight is 278 g/mol. The van der Waals surface area contributed by atoms with Crippen LogP contribution >= 0.6 is 0 Å². The quantitative estimate of drug-likeness (QED) is 0.899. The van der Waals surface area contributed by atoms with Crippen molar-refractivity contribution < 1.29 is 13.9 Å². The highest BCUT2D eigenvalue weighted by Gasteiger charge is 2.33. The minimum Gasteiger partial charge on any atom is -0.469 e. The van der Waals surface area contributed by atoms with Gasteiger partial charge in [-0.25, -0.2) is 0 Å². The highest BCUT2D eigenvalue weighted by Crippen LogP contribution is 2.19. The monoisotopic (exact) mass is 278 g/mol. The fourth-order valence-electron chi connectivity index (χ4n) is 3.15. The van der Waals surface area contributed by atoms with E-state index in [-0.39, 0.29) is 11.9 Å². The second-order valence-corrected chi connectivity index (χ2v) is 5.60. The van der Waals surface area contributed by atoms with Gasteiger partial charge >= 0.3 is 0 Å². The summed E-state index contributed by atoms with van der Waals surface area (Å²) in [6.45, 7) is 3.71. The molecule has 3 heterocycles. The van der Waals surface area contributed by atoms with Gasteiger partial charge in [-0.1, -0.05) is 0 Å². The van der Waals surface area contributed by atoms with Gasteiger partial charge in [0.25, 0.3) is 0 Å². The van der Waals surface area contributed by atoms with Crippen LogP contribution in [0.4, 0.5) is 0 Å². The normalized spacial score (nSPS) is 27.6. The van der Waals surface area contributed by atoms with Crippen molar-refractivity contribution >= 4 is 5.91 Å². The zero-order valence-corrected chi connectivity index (χ0v) is 11.7. The van der Waals surface area contributed by atoms with Crippen LogP contribution in [0.15, 0.2) is 22.8 Å². The molecule has 2 saturated heterocycles. The first-order valence-corrected chi connectivity index (χ1v) is 7.46. The van der Waals surface area contributed by atoms with E-state index in [1.165, 1.54) is 12.8 Å². The molecule has 1 aromatic heterocycles. The first-order chi connectivity index (χ1) is 9.83. The van der Waals surface area contributed by atoms with Crippen molar-refractivity contribution in [1.82, 2.24) is 10.2 Å². The van der Waals surface area contributed by atoms with Crippen molar-refractivity contribution in [3.63, 3.8) is 0 Å². The standard InChI is InChI=1S/C15H22N2O3/c18-15(10-12-4-3-8-20-12)16-13-5-9-19-11-14(13)17-6-1-2-7-17/h3-4,8,13-14H,1-2,5-7,9-11H2,(H,16,18). The molecule has 0 radical (unpaired) electrons. The summed E-state index contributed by atoms with van der Waals surface area (Å²) >= 11 is 0. The number of nitrogens with zero attached hydrogens (tertiary/aromatic N) is 1. The van der Waals surface area contributed by atoms with E-state index in [1.807, 2.05) is 12.1 Å². The Hall–Kier alpha value is -1.33. The number of hydrogen-bond acceptors (Lipinski definition) is 4. The summed E-state index contributed by atoms with van der Waals surface area (Å²) in [6.07, 6.45) is 5.32. The summed E-state index contributed by atoms with van der Waals surface area (Å²) in [4.78, 5) is 14.6. The van der Waals surface area contributed by atoms with E-state index >= 15 is 0 Å². The second-order valence-electron chi connectivity index (χ2n) is 5.60. The molecule has 2 aliphatic rings. The van der Waals surface area contributed by atoms with E-state index in [2.05, 4.69) is 10.2 Å². The lowest BCUT2D eigenvalue weighted by molar-refractivity contribution is -0.123. The molecule has 2 fully saturated rings. The highest BCUT2D eigenvalue weighted by atomic mass is 16.5. The van der Waals surface area contributed by atoms with Crippen LogP contribution < -0.4 is 5.32 Å². The molecule has 1 aromatic rings. The number of amides is 1. The van der Waals surface area contributed by atoms with Crippen molar-refractivity contribution in [3.05, 3.63) is 24.2 Å². The van der Waals surface area contributed by atoms with Crippen LogP contribution in [0.1, 0.15) is 25.0 Å². The first kappa shape index (κ1) is 13.6. The van der Waals surface area contributed by atoms with E-state index in [0.717, 1.165) is 32.7 Å². The molecular weight excluding hydrogens is 256 g/mol. The largest absolute Gasteiger partial charge is 0.469 e. The highest BCUT2D eigenvalue weighted by molar-refractivity contribution is 5.78. The molecule has 2 unspecified atom stereocenters. The third-order valence-electron chi connectivity index (χ3n) is 4.20. The molecule has 0 aliphatic carbocycles. The molecule has 2 atom stereocenters. The van der Waals surface area contributed by atoms with Gasteiger partial charge in [-0.15, -0.1) is 0 Å². The summed E-state index contributed by atoms with van der Waals surface area (Å²) in [5.74, 6) is 0.753. The Morgan fingerprint density at radius 2 is 2.25 bits per heavy atom. The van der Waals surface area contributed by atoms with Crippen LogP contribution in [-0.2, 0) is 16.0 Å². The van der Waals surface area contributed by atoms with Crippen LogP contribution in [-0.4, -0.2) is 49.2 Å². The van der Waals surface area contributed by atoms with Crippen LogP contribution in [0, 0.1) is 0 Å². The smallest absolute Gasteiger partial charge is 0.227 e. The van der Waals surface area contributed by atoms with Crippen LogP contribution in [0.5, 0.6) is 0 Å². The number of hydrogen-bond donors (Lipinski definition) is 1. The summed E-state index contributed by atoms with van der Waals surface area (Å²) < 4.78 is 10.8. The van der Waals surface area contributed by atoms with E-state index in [1.54, 1.807) is 6.26 Å². The van der Waals surface area contributed by atoms with Gasteiger partial charge in [0.05, 0.1) is 25.3 Å². The Bertz CT molecular complexity index is 426.